The summed E-state index contributed by atoms with van der Waals surface area (Å²) in [6.45, 7) is 12.6. The first-order valence-corrected chi connectivity index (χ1v) is 32.0. The van der Waals surface area contributed by atoms with Crippen molar-refractivity contribution in [3.63, 3.8) is 0 Å². The SMILES string of the molecule is CC.CC.CN1CCc2c(-c3ccc(S(=O)(=O)N(C)C)cc3)cc3c(N=O)c(O)[nH]c3c2C1.CN1CCc2c(-c3ccc(S(=O)(=O)N(C)C)cc3)cc3c(c2C1)NC(=O)/C3=N/OC(CCO)C(=O)O.Cc1ccc(S(=O)(=O)O[C@H]2CCOC2=O)cc1.[H-].[Na+]. The van der Waals surface area contributed by atoms with Gasteiger partial charge in [0.2, 0.25) is 32.0 Å². The van der Waals surface area contributed by atoms with Crippen molar-refractivity contribution in [3.8, 4) is 28.1 Å². The number of aromatic amines is 1. The number of hydrogen-bond donors (Lipinski definition) is 5. The van der Waals surface area contributed by atoms with Crippen molar-refractivity contribution >= 4 is 76.0 Å². The van der Waals surface area contributed by atoms with Crippen LogP contribution in [-0.2, 0) is 84.2 Å². The number of carbonyl (C=O) groups is 3. The van der Waals surface area contributed by atoms with Gasteiger partial charge in [0, 0.05) is 84.8 Å². The summed E-state index contributed by atoms with van der Waals surface area (Å²) >= 11 is 0. The number of esters is 1. The average Bonchev–Trinajstić information content (AvgIpc) is 1.98. The molecule has 1 saturated heterocycles. The number of amides is 1. The maximum Gasteiger partial charge on any atom is 1.00 e. The molecular weight excluding hydrogens is 1200 g/mol. The Balaban J connectivity index is 0.000000286. The number of nitrogens with zero attached hydrogens (tertiary/aromatic N) is 6. The van der Waals surface area contributed by atoms with Crippen LogP contribution in [0.15, 0.2) is 110 Å². The number of carbonyl (C=O) groups excluding carboxylic acids is 2. The Kier molecular flexibility index (Phi) is 25.1. The number of sulfonamides is 2. The van der Waals surface area contributed by atoms with Crippen molar-refractivity contribution in [1.82, 2.24) is 23.4 Å². The third kappa shape index (κ3) is 16.1. The molecule has 4 aliphatic heterocycles. The van der Waals surface area contributed by atoms with E-state index in [-0.39, 0.29) is 82.4 Å². The van der Waals surface area contributed by atoms with Crippen LogP contribution < -0.4 is 34.9 Å². The van der Waals surface area contributed by atoms with Gasteiger partial charge in [-0.2, -0.15) is 8.42 Å². The Labute approximate surface area is 531 Å². The number of cyclic esters (lactones) is 1. The fraction of sp³-hybridized carbons (Fsp3) is 0.390. The first-order valence-electron chi connectivity index (χ1n) is 27.7. The second kappa shape index (κ2) is 30.6. The number of oxime groups is 1. The number of aromatic hydroxyl groups is 1. The van der Waals surface area contributed by atoms with Gasteiger partial charge < -0.3 is 46.4 Å². The van der Waals surface area contributed by atoms with Gasteiger partial charge >= 0.3 is 41.5 Å². The molecule has 6 aromatic rings. The summed E-state index contributed by atoms with van der Waals surface area (Å²) < 4.78 is 85.1. The number of anilines is 1. The molecule has 0 saturated carbocycles. The minimum absolute atomic E-state index is 0. The van der Waals surface area contributed by atoms with Crippen LogP contribution in [0.2, 0.25) is 0 Å². The van der Waals surface area contributed by atoms with E-state index >= 15 is 0 Å². The van der Waals surface area contributed by atoms with Gasteiger partial charge in [-0.1, -0.05) is 74.8 Å². The Morgan fingerprint density at radius 1 is 0.759 bits per heavy atom. The number of aromatic nitrogens is 1. The van der Waals surface area contributed by atoms with Gasteiger partial charge in [-0.3, -0.25) is 8.98 Å². The number of aliphatic carboxylic acids is 1. The van der Waals surface area contributed by atoms with Crippen molar-refractivity contribution in [2.24, 2.45) is 10.3 Å². The number of nitrogens with one attached hydrogen (secondary N) is 2. The fourth-order valence-corrected chi connectivity index (χ4v) is 12.6. The van der Waals surface area contributed by atoms with Crippen LogP contribution in [0.25, 0.3) is 33.2 Å². The number of ether oxygens (including phenoxy) is 1. The summed E-state index contributed by atoms with van der Waals surface area (Å²) in [6.07, 6.45) is -0.788. The molecule has 4 aliphatic rings. The first kappa shape index (κ1) is 71.3. The molecule has 87 heavy (non-hydrogen) atoms. The third-order valence-electron chi connectivity index (χ3n) is 14.2. The molecule has 0 radical (unpaired) electrons. The zero-order valence-corrected chi connectivity index (χ0v) is 55.3. The first-order chi connectivity index (χ1) is 40.8. The van der Waals surface area contributed by atoms with Crippen LogP contribution in [0, 0.1) is 11.8 Å². The van der Waals surface area contributed by atoms with Crippen LogP contribution in [0.5, 0.6) is 5.88 Å². The third-order valence-corrected chi connectivity index (χ3v) is 19.2. The maximum atomic E-state index is 12.8. The molecule has 1 amide bonds. The normalized spacial score (nSPS) is 16.4. The zero-order chi connectivity index (χ0) is 63.6. The topological polar surface area (TPSA) is 325 Å². The number of H-pyrrole nitrogens is 1. The fourth-order valence-electron chi connectivity index (χ4n) is 9.71. The number of aliphatic hydroxyl groups excluding tert-OH is 1. The number of carboxylic acid groups (broad SMARTS) is 1. The molecule has 1 unspecified atom stereocenters. The van der Waals surface area contributed by atoms with Gasteiger partial charge in [-0.05, 0) is 132 Å². The second-order valence-electron chi connectivity index (χ2n) is 20.3. The Bertz CT molecular complexity index is 3850. The van der Waals surface area contributed by atoms with E-state index in [2.05, 4.69) is 35.2 Å². The Morgan fingerprint density at radius 3 is 1.72 bits per heavy atom. The standard InChI is InChI=1S/C24H28N4O7S.C20H22N4O4S.C11H12O5S.2C2H6.Na.H/c1-27(2)36(33,34)15-6-4-14(5-7-15)17-12-18-21(19-13-28(3)10-8-16(17)19)25-23(30)22(18)26-35-20(9-11-29)24(31)32;1-23(2)29(27,28)13-6-4-12(5-7-13)15-10-16-18(21-20(25)19(16)22-26)17-11-24(3)9-8-14(15)17;1-8-2-4-9(5-3-8)17(13,14)16-10-6-7-15-11(10)12;2*1-2;;/h4-7,12,20,29H,8-11,13H2,1-3H3,(H,31,32)(H,25,26,30);4-7,10,21,25H,8-9,11H2,1-3H3;2-5,10H,6-7H2,1H3;2*1-2H3;;/q;;;;;+1;-1/t;;10-;;;;/m..0..../s1. The minimum atomic E-state index is -3.89. The molecule has 24 nitrogen and oxygen atoms in total. The summed E-state index contributed by atoms with van der Waals surface area (Å²) in [5, 5.41) is 38.7. The molecule has 0 aliphatic carbocycles. The predicted octanol–water partition coefficient (Wildman–Crippen LogP) is 4.46. The summed E-state index contributed by atoms with van der Waals surface area (Å²) in [7, 11) is -1.06. The van der Waals surface area contributed by atoms with Crippen molar-refractivity contribution in [1.29, 1.82) is 0 Å². The smallest absolute Gasteiger partial charge is 1.00 e. The molecule has 10 rings (SSSR count). The van der Waals surface area contributed by atoms with E-state index in [1.54, 1.807) is 66.7 Å². The number of fused-ring (bicyclic) bond motifs is 6. The molecule has 2 atom stereocenters. The largest absolute Gasteiger partial charge is 1.00 e. The van der Waals surface area contributed by atoms with Crippen LogP contribution >= 0.6 is 0 Å². The number of aliphatic hydroxyl groups is 1. The Hall–Kier alpha value is -6.47. The molecule has 5 N–H and O–H groups in total. The number of benzene rings is 5. The van der Waals surface area contributed by atoms with Gasteiger partial charge in [0.25, 0.3) is 16.0 Å². The maximum absolute atomic E-state index is 12.8. The van der Waals surface area contributed by atoms with E-state index in [0.29, 0.717) is 35.2 Å². The summed E-state index contributed by atoms with van der Waals surface area (Å²) in [5.74, 6) is -2.68. The molecule has 1 aromatic heterocycles. The molecule has 466 valence electrons. The van der Waals surface area contributed by atoms with Crippen molar-refractivity contribution in [3.05, 3.63) is 123 Å². The molecule has 0 bridgehead atoms. The van der Waals surface area contributed by atoms with Crippen LogP contribution in [0.3, 0.4) is 0 Å². The molecule has 1 fully saturated rings. The number of rotatable bonds is 15. The van der Waals surface area contributed by atoms with E-state index in [9.17, 15) is 54.8 Å². The zero-order valence-electron chi connectivity index (χ0n) is 51.9. The summed E-state index contributed by atoms with van der Waals surface area (Å²) in [6, 6.07) is 23.2. The summed E-state index contributed by atoms with van der Waals surface area (Å²) in [5.41, 5.74) is 10.2. The van der Waals surface area contributed by atoms with E-state index < -0.39 is 66.8 Å². The average molecular weight is 1270 g/mol. The quantitative estimate of drug-likeness (QED) is 0.0311. The van der Waals surface area contributed by atoms with E-state index in [0.717, 1.165) is 80.3 Å². The van der Waals surface area contributed by atoms with Crippen molar-refractivity contribution < 1.29 is 99.7 Å². The van der Waals surface area contributed by atoms with Gasteiger partial charge in [0.05, 0.1) is 32.5 Å². The van der Waals surface area contributed by atoms with Gasteiger partial charge in [-0.25, -0.2) is 35.0 Å². The molecule has 5 aromatic carbocycles. The van der Waals surface area contributed by atoms with Crippen LogP contribution in [0.1, 0.15) is 75.3 Å². The minimum Gasteiger partial charge on any atom is -1.00 e. The van der Waals surface area contributed by atoms with Crippen molar-refractivity contribution in [2.45, 2.75) is 100 Å². The van der Waals surface area contributed by atoms with E-state index in [1.807, 2.05) is 54.8 Å². The summed E-state index contributed by atoms with van der Waals surface area (Å²) in [4.78, 5) is 59.3. The molecule has 5 heterocycles. The molecule has 28 heteroatoms. The Morgan fingerprint density at radius 2 is 1.25 bits per heavy atom. The number of likely N-dealkylation sites (N-methyl/N-ethyl adjacent to an activating group) is 2. The van der Waals surface area contributed by atoms with Crippen molar-refractivity contribution in [2.75, 3.05) is 73.9 Å². The van der Waals surface area contributed by atoms with Crippen LogP contribution in [-0.4, -0.2) is 168 Å². The number of aryl methyl sites for hydroxylation is 1. The second-order valence-corrected chi connectivity index (χ2v) is 26.1. The van der Waals surface area contributed by atoms with Gasteiger partial charge in [0.1, 0.15) is 0 Å². The number of carboxylic acids is 1. The van der Waals surface area contributed by atoms with Gasteiger partial charge in [-0.15, -0.1) is 4.91 Å². The van der Waals surface area contributed by atoms with Gasteiger partial charge in [0.15, 0.2) is 17.5 Å². The number of nitroso groups, excluding NO2 is 1. The number of hydrogen-bond acceptors (Lipinski definition) is 19. The van der Waals surface area contributed by atoms with E-state index in [1.165, 1.54) is 44.6 Å². The van der Waals surface area contributed by atoms with E-state index in [4.69, 9.17) is 14.1 Å². The predicted molar refractivity (Wildman–Crippen MR) is 327 cm³/mol. The monoisotopic (exact) mass is 1270 g/mol. The van der Waals surface area contributed by atoms with Crippen LogP contribution in [0.4, 0.5) is 11.4 Å². The molecule has 0 spiro atoms. The molecular formula is C59H75N8NaO16S3.